The van der Waals surface area contributed by atoms with Crippen molar-refractivity contribution in [3.63, 3.8) is 0 Å². The van der Waals surface area contributed by atoms with Gasteiger partial charge in [-0.3, -0.25) is 4.79 Å². The summed E-state index contributed by atoms with van der Waals surface area (Å²) in [6, 6.07) is 5.13. The van der Waals surface area contributed by atoms with E-state index in [0.717, 1.165) is 12.0 Å². The molecule has 0 saturated heterocycles. The molecule has 98 valence electrons. The number of carbonyl (C=O) groups is 1. The number of allylic oxidation sites excluding steroid dienone is 1. The molecule has 1 rings (SSSR count). The predicted molar refractivity (Wildman–Crippen MR) is 68.4 cm³/mol. The molecular formula is C14H18FNO2. The molecule has 1 aromatic rings. The Hall–Kier alpha value is -1.68. The van der Waals surface area contributed by atoms with E-state index >= 15 is 0 Å². The van der Waals surface area contributed by atoms with Crippen LogP contribution in [0.3, 0.4) is 0 Å². The van der Waals surface area contributed by atoms with Gasteiger partial charge in [0, 0.05) is 12.1 Å². The summed E-state index contributed by atoms with van der Waals surface area (Å²) in [6.07, 6.45) is 0.801. The zero-order valence-electron chi connectivity index (χ0n) is 10.8. The summed E-state index contributed by atoms with van der Waals surface area (Å²) < 4.78 is 18.4. The van der Waals surface area contributed by atoms with E-state index in [2.05, 4.69) is 11.9 Å². The van der Waals surface area contributed by atoms with E-state index < -0.39 is 5.97 Å². The van der Waals surface area contributed by atoms with Crippen LogP contribution in [0.25, 0.3) is 0 Å². The van der Waals surface area contributed by atoms with Crippen LogP contribution in [0.2, 0.25) is 0 Å². The van der Waals surface area contributed by atoms with Gasteiger partial charge in [0.2, 0.25) is 0 Å². The van der Waals surface area contributed by atoms with Gasteiger partial charge in [-0.2, -0.15) is 0 Å². The summed E-state index contributed by atoms with van der Waals surface area (Å²) in [5.41, 5.74) is 1.49. The summed E-state index contributed by atoms with van der Waals surface area (Å²) in [7, 11) is 0. The average Bonchev–Trinajstić information content (AvgIpc) is 2.30. The van der Waals surface area contributed by atoms with Crippen LogP contribution in [-0.4, -0.2) is 12.5 Å². The van der Waals surface area contributed by atoms with Gasteiger partial charge >= 0.3 is 5.97 Å². The van der Waals surface area contributed by atoms with Crippen LogP contribution >= 0.6 is 0 Å². The molecule has 1 aromatic carbocycles. The van der Waals surface area contributed by atoms with Crippen molar-refractivity contribution in [1.29, 1.82) is 0 Å². The maximum atomic E-state index is 13.6. The number of rotatable bonds is 6. The number of hydrogen-bond acceptors (Lipinski definition) is 3. The normalized spacial score (nSPS) is 10.2. The number of carbonyl (C=O) groups excluding carboxylic acids is 1. The molecule has 0 saturated carbocycles. The molecule has 0 fully saturated rings. The van der Waals surface area contributed by atoms with Gasteiger partial charge in [0.25, 0.3) is 0 Å². The summed E-state index contributed by atoms with van der Waals surface area (Å²) in [6.45, 7) is 7.36. The number of ether oxygens (including phenoxy) is 1. The Balaban J connectivity index is 2.44. The van der Waals surface area contributed by atoms with E-state index in [9.17, 15) is 9.18 Å². The SMILES string of the molecule is C=C(C)OC(=O)CNCc1ccc(CC)cc1F. The predicted octanol–water partition coefficient (Wildman–Crippen LogP) is 2.55. The first-order chi connectivity index (χ1) is 8.52. The number of aryl methyl sites for hydroxylation is 1. The zero-order valence-corrected chi connectivity index (χ0v) is 10.8. The van der Waals surface area contributed by atoms with Crippen LogP contribution in [0.4, 0.5) is 4.39 Å². The Morgan fingerprint density at radius 2 is 2.22 bits per heavy atom. The summed E-state index contributed by atoms with van der Waals surface area (Å²) >= 11 is 0. The highest BCUT2D eigenvalue weighted by atomic mass is 19.1. The third kappa shape index (κ3) is 4.67. The van der Waals surface area contributed by atoms with Crippen molar-refractivity contribution in [1.82, 2.24) is 5.32 Å². The van der Waals surface area contributed by atoms with E-state index in [1.165, 1.54) is 6.07 Å². The first-order valence-corrected chi connectivity index (χ1v) is 5.87. The molecule has 0 amide bonds. The van der Waals surface area contributed by atoms with Gasteiger partial charge in [0.1, 0.15) is 5.82 Å². The number of benzene rings is 1. The lowest BCUT2D eigenvalue weighted by Gasteiger charge is -2.07. The maximum absolute atomic E-state index is 13.6. The quantitative estimate of drug-likeness (QED) is 0.623. The molecular weight excluding hydrogens is 233 g/mol. The number of halogens is 1. The minimum absolute atomic E-state index is 0.0296. The Morgan fingerprint density at radius 1 is 1.50 bits per heavy atom. The maximum Gasteiger partial charge on any atom is 0.324 e. The molecule has 3 nitrogen and oxygen atoms in total. The second kappa shape index (κ2) is 6.91. The lowest BCUT2D eigenvalue weighted by molar-refractivity contribution is -0.138. The highest BCUT2D eigenvalue weighted by molar-refractivity contribution is 5.72. The second-order valence-corrected chi connectivity index (χ2v) is 4.06. The topological polar surface area (TPSA) is 38.3 Å². The molecule has 0 radical (unpaired) electrons. The minimum atomic E-state index is -0.423. The molecule has 0 bridgehead atoms. The van der Waals surface area contributed by atoms with Crippen molar-refractivity contribution in [2.24, 2.45) is 0 Å². The van der Waals surface area contributed by atoms with E-state index in [0.29, 0.717) is 17.9 Å². The summed E-state index contributed by atoms with van der Waals surface area (Å²) in [5.74, 6) is -0.330. The molecule has 1 N–H and O–H groups in total. The van der Waals surface area contributed by atoms with Gasteiger partial charge in [-0.05, 0) is 25.0 Å². The smallest absolute Gasteiger partial charge is 0.324 e. The van der Waals surface area contributed by atoms with Gasteiger partial charge in [-0.1, -0.05) is 25.6 Å². The number of nitrogens with one attached hydrogen (secondary N) is 1. The molecule has 0 atom stereocenters. The molecule has 0 aliphatic heterocycles. The Morgan fingerprint density at radius 3 is 2.78 bits per heavy atom. The van der Waals surface area contributed by atoms with Crippen LogP contribution in [0.5, 0.6) is 0 Å². The van der Waals surface area contributed by atoms with E-state index in [1.54, 1.807) is 13.0 Å². The van der Waals surface area contributed by atoms with E-state index in [-0.39, 0.29) is 12.4 Å². The minimum Gasteiger partial charge on any atom is -0.431 e. The standard InChI is InChI=1S/C14H18FNO2/c1-4-11-5-6-12(13(15)7-11)8-16-9-14(17)18-10(2)3/h5-7,16H,2,4,8-9H2,1,3H3. The van der Waals surface area contributed by atoms with Crippen molar-refractivity contribution >= 4 is 5.97 Å². The fraction of sp³-hybridized carbons (Fsp3) is 0.357. The van der Waals surface area contributed by atoms with Crippen LogP contribution in [0.1, 0.15) is 25.0 Å². The first-order valence-electron chi connectivity index (χ1n) is 5.87. The van der Waals surface area contributed by atoms with Gasteiger partial charge < -0.3 is 10.1 Å². The molecule has 4 heteroatoms. The van der Waals surface area contributed by atoms with Gasteiger partial charge in [-0.15, -0.1) is 0 Å². The third-order valence-electron chi connectivity index (χ3n) is 2.40. The fourth-order valence-corrected chi connectivity index (χ4v) is 1.48. The van der Waals surface area contributed by atoms with Crippen LogP contribution in [0, 0.1) is 5.82 Å². The Labute approximate surface area is 107 Å². The highest BCUT2D eigenvalue weighted by Crippen LogP contribution is 2.10. The highest BCUT2D eigenvalue weighted by Gasteiger charge is 2.05. The monoisotopic (exact) mass is 251 g/mol. The largest absolute Gasteiger partial charge is 0.431 e. The zero-order chi connectivity index (χ0) is 13.5. The molecule has 0 spiro atoms. The summed E-state index contributed by atoms with van der Waals surface area (Å²) in [4.78, 5) is 11.2. The van der Waals surface area contributed by atoms with E-state index in [4.69, 9.17) is 4.74 Å². The fourth-order valence-electron chi connectivity index (χ4n) is 1.48. The van der Waals surface area contributed by atoms with Gasteiger partial charge in [0.05, 0.1) is 12.3 Å². The van der Waals surface area contributed by atoms with Gasteiger partial charge in [0.15, 0.2) is 0 Å². The van der Waals surface area contributed by atoms with Crippen LogP contribution in [-0.2, 0) is 22.5 Å². The molecule has 0 aliphatic carbocycles. The van der Waals surface area contributed by atoms with Crippen molar-refractivity contribution in [3.05, 3.63) is 47.5 Å². The lowest BCUT2D eigenvalue weighted by atomic mass is 10.1. The van der Waals surface area contributed by atoms with Crippen molar-refractivity contribution in [2.45, 2.75) is 26.8 Å². The molecule has 0 unspecified atom stereocenters. The molecule has 0 heterocycles. The van der Waals surface area contributed by atoms with Crippen molar-refractivity contribution < 1.29 is 13.9 Å². The number of esters is 1. The number of hydrogen-bond donors (Lipinski definition) is 1. The van der Waals surface area contributed by atoms with Crippen molar-refractivity contribution in [2.75, 3.05) is 6.54 Å². The summed E-state index contributed by atoms with van der Waals surface area (Å²) in [5, 5.41) is 2.83. The van der Waals surface area contributed by atoms with Crippen LogP contribution < -0.4 is 5.32 Å². The Bertz CT molecular complexity index is 443. The molecule has 0 aromatic heterocycles. The average molecular weight is 251 g/mol. The van der Waals surface area contributed by atoms with Crippen molar-refractivity contribution in [3.8, 4) is 0 Å². The third-order valence-corrected chi connectivity index (χ3v) is 2.40. The second-order valence-electron chi connectivity index (χ2n) is 4.06. The van der Waals surface area contributed by atoms with Crippen LogP contribution in [0.15, 0.2) is 30.5 Å². The molecule has 18 heavy (non-hydrogen) atoms. The lowest BCUT2D eigenvalue weighted by Crippen LogP contribution is -2.24. The van der Waals surface area contributed by atoms with Gasteiger partial charge in [-0.25, -0.2) is 4.39 Å². The molecule has 0 aliphatic rings. The van der Waals surface area contributed by atoms with E-state index in [1.807, 2.05) is 13.0 Å². The first kappa shape index (κ1) is 14.4. The Kier molecular flexibility index (Phi) is 5.52.